The molecule has 0 amide bonds. The van der Waals surface area contributed by atoms with Crippen molar-refractivity contribution in [1.29, 1.82) is 0 Å². The van der Waals surface area contributed by atoms with Gasteiger partial charge in [0.1, 0.15) is 5.69 Å². The highest BCUT2D eigenvalue weighted by Gasteiger charge is 2.39. The number of likely N-dealkylation sites (N-methyl/N-ethyl adjacent to an activating group) is 1. The quantitative estimate of drug-likeness (QED) is 0.523. The summed E-state index contributed by atoms with van der Waals surface area (Å²) in [4.78, 5) is 22.3. The van der Waals surface area contributed by atoms with Gasteiger partial charge in [-0.3, -0.25) is 20.0 Å². The Morgan fingerprint density at radius 3 is 2.72 bits per heavy atom. The van der Waals surface area contributed by atoms with Crippen molar-refractivity contribution in [3.63, 3.8) is 0 Å². The molecule has 2 N–H and O–H groups in total. The normalized spacial score (nSPS) is 21.8. The number of hydrogen-bond acceptors (Lipinski definition) is 6. The summed E-state index contributed by atoms with van der Waals surface area (Å²) in [5.41, 5.74) is 5.73. The van der Waals surface area contributed by atoms with Gasteiger partial charge in [0.25, 0.3) is 0 Å². The third-order valence-corrected chi connectivity index (χ3v) is 6.91. The molecule has 32 heavy (non-hydrogen) atoms. The summed E-state index contributed by atoms with van der Waals surface area (Å²) >= 11 is 0. The number of hydrogen-bond donors (Lipinski definition) is 2. The Kier molecular flexibility index (Phi) is 4.44. The average molecular weight is 427 g/mol. The molecule has 0 saturated carbocycles. The maximum absolute atomic E-state index is 4.96. The summed E-state index contributed by atoms with van der Waals surface area (Å²) < 4.78 is 0. The van der Waals surface area contributed by atoms with E-state index in [1.165, 1.54) is 5.69 Å². The molecular weight excluding hydrogens is 400 g/mol. The van der Waals surface area contributed by atoms with Crippen molar-refractivity contribution in [2.24, 2.45) is 0 Å². The Morgan fingerprint density at radius 1 is 1.09 bits per heavy atom. The molecule has 1 aliphatic carbocycles. The van der Waals surface area contributed by atoms with E-state index in [2.05, 4.69) is 67.1 Å². The van der Waals surface area contributed by atoms with Crippen LogP contribution in [0.1, 0.15) is 24.7 Å². The zero-order valence-corrected chi connectivity index (χ0v) is 18.3. The third-order valence-electron chi connectivity index (χ3n) is 6.91. The van der Waals surface area contributed by atoms with E-state index in [1.807, 2.05) is 18.3 Å². The topological polar surface area (TPSA) is 89.6 Å². The summed E-state index contributed by atoms with van der Waals surface area (Å²) in [5, 5.41) is 8.72. The van der Waals surface area contributed by atoms with E-state index in [1.54, 1.807) is 12.4 Å². The van der Waals surface area contributed by atoms with Crippen LogP contribution in [-0.4, -0.2) is 73.2 Å². The predicted octanol–water partition coefficient (Wildman–Crippen LogP) is 3.29. The number of nitrogens with zero attached hydrogens (tertiary/aromatic N) is 6. The number of H-pyrrole nitrogens is 2. The van der Waals surface area contributed by atoms with Crippen molar-refractivity contribution in [3.05, 3.63) is 54.3 Å². The first-order valence-corrected chi connectivity index (χ1v) is 11.1. The van der Waals surface area contributed by atoms with E-state index >= 15 is 0 Å². The third kappa shape index (κ3) is 3.06. The number of aromatic nitrogens is 6. The summed E-state index contributed by atoms with van der Waals surface area (Å²) in [7, 11) is 2.19. The average Bonchev–Trinajstić information content (AvgIpc) is 3.44. The molecule has 162 valence electrons. The lowest BCUT2D eigenvalue weighted by molar-refractivity contribution is 0.0470. The van der Waals surface area contributed by atoms with Gasteiger partial charge in [-0.15, -0.1) is 0 Å². The highest BCUT2D eigenvalue weighted by Crippen LogP contribution is 2.39. The van der Waals surface area contributed by atoms with Crippen LogP contribution >= 0.6 is 0 Å². The number of fused-ring (bicyclic) bond motifs is 2. The maximum Gasteiger partial charge on any atom is 0.159 e. The molecule has 6 rings (SSSR count). The molecule has 2 aliphatic rings. The Morgan fingerprint density at radius 2 is 1.91 bits per heavy atom. The minimum atomic E-state index is -0.0908. The Bertz CT molecular complexity index is 1300. The molecule has 8 heteroatoms. The van der Waals surface area contributed by atoms with Crippen molar-refractivity contribution >= 4 is 17.0 Å². The van der Waals surface area contributed by atoms with E-state index in [9.17, 15) is 0 Å². The lowest BCUT2D eigenvalue weighted by Gasteiger charge is -2.45. The molecule has 0 spiro atoms. The Hall–Kier alpha value is -3.36. The molecule has 4 aromatic rings. The number of pyridine rings is 2. The number of nitrogens with one attached hydrogen (secondary N) is 2. The summed E-state index contributed by atoms with van der Waals surface area (Å²) in [5.74, 6) is 0.792. The van der Waals surface area contributed by atoms with Gasteiger partial charge in [0.15, 0.2) is 5.82 Å². The molecule has 0 radical (unpaired) electrons. The summed E-state index contributed by atoms with van der Waals surface area (Å²) in [6.45, 7) is 6.62. The van der Waals surface area contributed by atoms with E-state index in [0.717, 1.165) is 72.0 Å². The van der Waals surface area contributed by atoms with Gasteiger partial charge in [0.05, 0.1) is 34.3 Å². The first-order valence-electron chi connectivity index (χ1n) is 11.1. The van der Waals surface area contributed by atoms with Gasteiger partial charge in [-0.1, -0.05) is 6.08 Å². The molecule has 8 nitrogen and oxygen atoms in total. The lowest BCUT2D eigenvalue weighted by Crippen LogP contribution is -2.54. The zero-order valence-electron chi connectivity index (χ0n) is 18.3. The fraction of sp³-hybridized carbons (Fsp3) is 0.333. The molecule has 1 saturated heterocycles. The second kappa shape index (κ2) is 7.36. The number of imidazole rings is 1. The number of aromatic amines is 2. The standard InChI is InChI=1S/C24H26N8/c1-24(32-12-10-31(2)11-13-32)7-3-4-18-22(24)28-23(27-18)21-17-14-19(16-5-8-25-9-6-16)26-15-20(17)29-30-21/h3-6,8-9,14-15H,7,10-13H2,1-2H3,(H,27,28)(H,29,30). The molecule has 5 heterocycles. The molecule has 1 aliphatic heterocycles. The van der Waals surface area contributed by atoms with E-state index in [-0.39, 0.29) is 5.54 Å². The van der Waals surface area contributed by atoms with Crippen LogP contribution in [0.15, 0.2) is 42.9 Å². The van der Waals surface area contributed by atoms with Gasteiger partial charge in [0, 0.05) is 49.5 Å². The van der Waals surface area contributed by atoms with E-state index in [0.29, 0.717) is 0 Å². The van der Waals surface area contributed by atoms with E-state index < -0.39 is 0 Å². The van der Waals surface area contributed by atoms with Crippen molar-refractivity contribution in [3.8, 4) is 22.8 Å². The molecule has 0 bridgehead atoms. The Labute approximate surface area is 186 Å². The smallest absolute Gasteiger partial charge is 0.159 e. The van der Waals surface area contributed by atoms with Crippen LogP contribution in [0.4, 0.5) is 0 Å². The first kappa shape index (κ1) is 19.3. The molecule has 1 atom stereocenters. The largest absolute Gasteiger partial charge is 0.338 e. The molecule has 4 aromatic heterocycles. The van der Waals surface area contributed by atoms with Crippen molar-refractivity contribution in [2.75, 3.05) is 33.2 Å². The van der Waals surface area contributed by atoms with Gasteiger partial charge >= 0.3 is 0 Å². The molecule has 0 aromatic carbocycles. The van der Waals surface area contributed by atoms with Gasteiger partial charge in [-0.25, -0.2) is 4.98 Å². The maximum atomic E-state index is 4.96. The van der Waals surface area contributed by atoms with Gasteiger partial charge in [-0.05, 0) is 44.7 Å². The number of piperazine rings is 1. The highest BCUT2D eigenvalue weighted by molar-refractivity contribution is 5.93. The second-order valence-electron chi connectivity index (χ2n) is 8.94. The minimum Gasteiger partial charge on any atom is -0.338 e. The monoisotopic (exact) mass is 426 g/mol. The minimum absolute atomic E-state index is 0.0908. The van der Waals surface area contributed by atoms with Crippen molar-refractivity contribution < 1.29 is 0 Å². The highest BCUT2D eigenvalue weighted by atomic mass is 15.3. The summed E-state index contributed by atoms with van der Waals surface area (Å²) in [6, 6.07) is 6.00. The molecule has 1 fully saturated rings. The second-order valence-corrected chi connectivity index (χ2v) is 8.94. The van der Waals surface area contributed by atoms with Crippen LogP contribution in [0.3, 0.4) is 0 Å². The number of rotatable bonds is 3. The van der Waals surface area contributed by atoms with Crippen molar-refractivity contribution in [2.45, 2.75) is 18.9 Å². The predicted molar refractivity (Wildman–Crippen MR) is 125 cm³/mol. The van der Waals surface area contributed by atoms with Crippen LogP contribution in [0.25, 0.3) is 39.8 Å². The van der Waals surface area contributed by atoms with Gasteiger partial charge in [-0.2, -0.15) is 5.10 Å². The first-order chi connectivity index (χ1) is 15.6. The fourth-order valence-electron chi connectivity index (χ4n) is 4.90. The zero-order chi connectivity index (χ0) is 21.7. The van der Waals surface area contributed by atoms with Gasteiger partial charge < -0.3 is 9.88 Å². The molecule has 1 unspecified atom stereocenters. The van der Waals surface area contributed by atoms with Crippen LogP contribution in [0, 0.1) is 0 Å². The van der Waals surface area contributed by atoms with Crippen LogP contribution in [0.2, 0.25) is 0 Å². The molecular formula is C24H26N8. The SMILES string of the molecule is CN1CCN(C2(C)CC=Cc3nc(-c4n[nH]c5cnc(-c6ccncc6)cc45)[nH]c32)CC1. The van der Waals surface area contributed by atoms with Crippen LogP contribution in [-0.2, 0) is 5.54 Å². The van der Waals surface area contributed by atoms with Crippen LogP contribution in [0.5, 0.6) is 0 Å². The van der Waals surface area contributed by atoms with Gasteiger partial charge in [0.2, 0.25) is 0 Å². The van der Waals surface area contributed by atoms with Crippen molar-refractivity contribution in [1.82, 2.24) is 39.9 Å². The van der Waals surface area contributed by atoms with Crippen LogP contribution < -0.4 is 0 Å². The summed E-state index contributed by atoms with van der Waals surface area (Å²) in [6.07, 6.45) is 10.7. The fourth-order valence-corrected chi connectivity index (χ4v) is 4.90. The van der Waals surface area contributed by atoms with E-state index in [4.69, 9.17) is 4.98 Å². The lowest BCUT2D eigenvalue weighted by atomic mass is 9.85. The Balaban J connectivity index is 1.41.